The minimum atomic E-state index is -1.06. The average molecular weight is 368 g/mol. The van der Waals surface area contributed by atoms with Crippen LogP contribution in [0.1, 0.15) is 30.0 Å². The smallest absolute Gasteiger partial charge is 0.325 e. The highest BCUT2D eigenvalue weighted by Gasteiger charge is 2.49. The number of carbonyl (C=O) groups is 2. The van der Waals surface area contributed by atoms with E-state index in [0.717, 1.165) is 24.8 Å². The molecular weight excluding hydrogens is 347 g/mol. The molecule has 1 saturated heterocycles. The Balaban J connectivity index is 1.45. The molecule has 0 bridgehead atoms. The number of aryl methyl sites for hydroxylation is 2. The number of ether oxygens (including phenoxy) is 1. The van der Waals surface area contributed by atoms with E-state index in [9.17, 15) is 14.0 Å². The SMILES string of the molecule is CC1(c2ccc3c(c2)CCC3)NC(=O)N(CCOc2ccc(F)cc2)C1=O. The second-order valence-electron chi connectivity index (χ2n) is 7.15. The Kier molecular flexibility index (Phi) is 4.34. The van der Waals surface area contributed by atoms with E-state index >= 15 is 0 Å². The predicted octanol–water partition coefficient (Wildman–Crippen LogP) is 3.16. The molecule has 1 atom stereocenters. The number of urea groups is 1. The number of hydrogen-bond donors (Lipinski definition) is 1. The lowest BCUT2D eigenvalue weighted by Gasteiger charge is -2.23. The van der Waals surface area contributed by atoms with Crippen molar-refractivity contribution in [1.82, 2.24) is 10.2 Å². The van der Waals surface area contributed by atoms with Crippen molar-refractivity contribution < 1.29 is 18.7 Å². The van der Waals surface area contributed by atoms with Gasteiger partial charge in [0.2, 0.25) is 0 Å². The minimum absolute atomic E-state index is 0.128. The maximum Gasteiger partial charge on any atom is 0.325 e. The molecule has 1 aliphatic carbocycles. The fraction of sp³-hybridized carbons (Fsp3) is 0.333. The summed E-state index contributed by atoms with van der Waals surface area (Å²) in [6, 6.07) is 11.2. The van der Waals surface area contributed by atoms with Crippen molar-refractivity contribution in [3.63, 3.8) is 0 Å². The number of fused-ring (bicyclic) bond motifs is 1. The molecule has 1 N–H and O–H groups in total. The van der Waals surface area contributed by atoms with Crippen LogP contribution in [0.25, 0.3) is 0 Å². The molecule has 140 valence electrons. The lowest BCUT2D eigenvalue weighted by molar-refractivity contribution is -0.131. The Bertz CT molecular complexity index is 897. The van der Waals surface area contributed by atoms with Gasteiger partial charge in [-0.25, -0.2) is 9.18 Å². The normalized spacial score (nSPS) is 21.3. The monoisotopic (exact) mass is 368 g/mol. The summed E-state index contributed by atoms with van der Waals surface area (Å²) in [5.41, 5.74) is 2.32. The molecule has 0 saturated carbocycles. The van der Waals surface area contributed by atoms with E-state index in [-0.39, 0.29) is 24.9 Å². The first-order valence-corrected chi connectivity index (χ1v) is 9.12. The molecule has 5 nitrogen and oxygen atoms in total. The van der Waals surface area contributed by atoms with E-state index in [4.69, 9.17) is 4.74 Å². The zero-order chi connectivity index (χ0) is 19.0. The van der Waals surface area contributed by atoms with Gasteiger partial charge in [-0.05, 0) is 67.1 Å². The van der Waals surface area contributed by atoms with Crippen LogP contribution in [0.3, 0.4) is 0 Å². The van der Waals surface area contributed by atoms with Gasteiger partial charge in [0, 0.05) is 0 Å². The number of halogens is 1. The molecular formula is C21H21FN2O3. The second-order valence-corrected chi connectivity index (χ2v) is 7.15. The Morgan fingerprint density at radius 2 is 1.85 bits per heavy atom. The van der Waals surface area contributed by atoms with Gasteiger partial charge in [0.1, 0.15) is 23.7 Å². The summed E-state index contributed by atoms with van der Waals surface area (Å²) >= 11 is 0. The highest BCUT2D eigenvalue weighted by atomic mass is 19.1. The fourth-order valence-corrected chi connectivity index (χ4v) is 3.76. The Hall–Kier alpha value is -2.89. The third-order valence-electron chi connectivity index (χ3n) is 5.35. The first-order valence-electron chi connectivity index (χ1n) is 9.12. The lowest BCUT2D eigenvalue weighted by atomic mass is 9.90. The van der Waals surface area contributed by atoms with Crippen LogP contribution in [0.4, 0.5) is 9.18 Å². The van der Waals surface area contributed by atoms with Crippen molar-refractivity contribution in [3.05, 3.63) is 65.0 Å². The number of amides is 3. The molecule has 6 heteroatoms. The van der Waals surface area contributed by atoms with Crippen LogP contribution in [0.5, 0.6) is 5.75 Å². The average Bonchev–Trinajstić information content (AvgIpc) is 3.21. The van der Waals surface area contributed by atoms with E-state index in [1.165, 1.54) is 40.3 Å². The number of rotatable bonds is 5. The summed E-state index contributed by atoms with van der Waals surface area (Å²) in [6.07, 6.45) is 3.21. The van der Waals surface area contributed by atoms with E-state index in [0.29, 0.717) is 5.75 Å². The predicted molar refractivity (Wildman–Crippen MR) is 98.0 cm³/mol. The molecule has 0 aromatic heterocycles. The molecule has 2 aromatic carbocycles. The van der Waals surface area contributed by atoms with Crippen molar-refractivity contribution in [2.45, 2.75) is 31.7 Å². The molecule has 1 heterocycles. The molecule has 3 amide bonds. The first-order chi connectivity index (χ1) is 13.0. The summed E-state index contributed by atoms with van der Waals surface area (Å²) in [4.78, 5) is 26.5. The van der Waals surface area contributed by atoms with Crippen LogP contribution in [0.15, 0.2) is 42.5 Å². The Morgan fingerprint density at radius 3 is 2.63 bits per heavy atom. The van der Waals surface area contributed by atoms with E-state index in [1.54, 1.807) is 6.92 Å². The molecule has 1 aliphatic heterocycles. The summed E-state index contributed by atoms with van der Waals surface area (Å²) < 4.78 is 18.4. The molecule has 0 spiro atoms. The largest absolute Gasteiger partial charge is 0.492 e. The molecule has 27 heavy (non-hydrogen) atoms. The maximum atomic E-state index is 13.0. The van der Waals surface area contributed by atoms with Gasteiger partial charge in [-0.1, -0.05) is 18.2 Å². The van der Waals surface area contributed by atoms with Crippen molar-refractivity contribution in [2.24, 2.45) is 0 Å². The maximum absolute atomic E-state index is 13.0. The number of hydrogen-bond acceptors (Lipinski definition) is 3. The third kappa shape index (κ3) is 3.16. The van der Waals surface area contributed by atoms with Gasteiger partial charge in [-0.3, -0.25) is 9.69 Å². The number of carbonyl (C=O) groups excluding carboxylic acids is 2. The second kappa shape index (κ2) is 6.68. The van der Waals surface area contributed by atoms with Crippen LogP contribution < -0.4 is 10.1 Å². The van der Waals surface area contributed by atoms with Crippen LogP contribution in [0, 0.1) is 5.82 Å². The van der Waals surface area contributed by atoms with Crippen molar-refractivity contribution >= 4 is 11.9 Å². The fourth-order valence-electron chi connectivity index (χ4n) is 3.76. The van der Waals surface area contributed by atoms with Crippen LogP contribution in [0.2, 0.25) is 0 Å². The molecule has 1 unspecified atom stereocenters. The Labute approximate surface area is 157 Å². The first kappa shape index (κ1) is 17.5. The number of imide groups is 1. The van der Waals surface area contributed by atoms with E-state index < -0.39 is 11.6 Å². The van der Waals surface area contributed by atoms with Crippen molar-refractivity contribution in [2.75, 3.05) is 13.2 Å². The zero-order valence-electron chi connectivity index (χ0n) is 15.1. The van der Waals surface area contributed by atoms with Crippen LogP contribution in [-0.4, -0.2) is 30.0 Å². The summed E-state index contributed by atoms with van der Waals surface area (Å²) in [7, 11) is 0. The number of nitrogens with one attached hydrogen (secondary N) is 1. The number of benzene rings is 2. The summed E-state index contributed by atoms with van der Waals surface area (Å²) in [5.74, 6) is -0.139. The molecule has 2 aliphatic rings. The molecule has 2 aromatic rings. The van der Waals surface area contributed by atoms with E-state index in [1.807, 2.05) is 12.1 Å². The minimum Gasteiger partial charge on any atom is -0.492 e. The highest BCUT2D eigenvalue weighted by Crippen LogP contribution is 2.32. The topological polar surface area (TPSA) is 58.6 Å². The molecule has 0 radical (unpaired) electrons. The van der Waals surface area contributed by atoms with Gasteiger partial charge in [0.25, 0.3) is 5.91 Å². The molecule has 1 fully saturated rings. The van der Waals surface area contributed by atoms with Gasteiger partial charge in [0.15, 0.2) is 0 Å². The van der Waals surface area contributed by atoms with Gasteiger partial charge in [-0.15, -0.1) is 0 Å². The quantitative estimate of drug-likeness (QED) is 0.825. The number of nitrogens with zero attached hydrogens (tertiary/aromatic N) is 1. The van der Waals surface area contributed by atoms with Gasteiger partial charge >= 0.3 is 6.03 Å². The third-order valence-corrected chi connectivity index (χ3v) is 5.35. The highest BCUT2D eigenvalue weighted by molar-refractivity contribution is 6.07. The van der Waals surface area contributed by atoms with Crippen LogP contribution in [-0.2, 0) is 23.2 Å². The summed E-state index contributed by atoms with van der Waals surface area (Å²) in [6.45, 7) is 2.01. The van der Waals surface area contributed by atoms with Crippen LogP contribution >= 0.6 is 0 Å². The Morgan fingerprint density at radius 1 is 1.11 bits per heavy atom. The van der Waals surface area contributed by atoms with Gasteiger partial charge < -0.3 is 10.1 Å². The molecule has 4 rings (SSSR count). The zero-order valence-corrected chi connectivity index (χ0v) is 15.1. The van der Waals surface area contributed by atoms with Gasteiger partial charge in [0.05, 0.1) is 6.54 Å². The summed E-state index contributed by atoms with van der Waals surface area (Å²) in [5, 5.41) is 2.83. The van der Waals surface area contributed by atoms with E-state index in [2.05, 4.69) is 11.4 Å². The lowest BCUT2D eigenvalue weighted by Crippen LogP contribution is -2.41. The van der Waals surface area contributed by atoms with Crippen molar-refractivity contribution in [3.8, 4) is 5.75 Å². The standard InChI is InChI=1S/C21H21FN2O3/c1-21(16-6-5-14-3-2-4-15(14)13-16)19(25)24(20(26)23-21)11-12-27-18-9-7-17(22)8-10-18/h5-10,13H,2-4,11-12H2,1H3,(H,23,26). The van der Waals surface area contributed by atoms with Gasteiger partial charge in [-0.2, -0.15) is 0 Å². The van der Waals surface area contributed by atoms with Crippen molar-refractivity contribution in [1.29, 1.82) is 0 Å².